The summed E-state index contributed by atoms with van der Waals surface area (Å²) in [5.41, 5.74) is 2.20. The molecular formula is C13H16ClN3O. The maximum absolute atomic E-state index is 5.97. The summed E-state index contributed by atoms with van der Waals surface area (Å²) in [6, 6.07) is 7.68. The van der Waals surface area contributed by atoms with Crippen LogP contribution < -0.4 is 10.1 Å². The molecule has 5 heteroatoms. The molecule has 96 valence electrons. The van der Waals surface area contributed by atoms with Gasteiger partial charge in [-0.1, -0.05) is 11.6 Å². The molecule has 2 aromatic rings. The lowest BCUT2D eigenvalue weighted by Gasteiger charge is -2.09. The lowest BCUT2D eigenvalue weighted by Crippen LogP contribution is -2.08. The second-order valence-electron chi connectivity index (χ2n) is 3.97. The largest absolute Gasteiger partial charge is 0.495 e. The van der Waals surface area contributed by atoms with Gasteiger partial charge in [0.1, 0.15) is 5.75 Å². The van der Waals surface area contributed by atoms with E-state index in [0.29, 0.717) is 10.8 Å². The number of nitrogens with one attached hydrogen (secondary N) is 1. The predicted molar refractivity (Wildman–Crippen MR) is 73.4 cm³/mol. The summed E-state index contributed by atoms with van der Waals surface area (Å²) in [6.07, 6.45) is 2.72. The number of halogens is 1. The van der Waals surface area contributed by atoms with Crippen molar-refractivity contribution in [1.82, 2.24) is 9.78 Å². The minimum Gasteiger partial charge on any atom is -0.495 e. The van der Waals surface area contributed by atoms with Gasteiger partial charge in [-0.05, 0) is 18.2 Å². The Balaban J connectivity index is 1.92. The molecule has 0 fully saturated rings. The van der Waals surface area contributed by atoms with Crippen LogP contribution in [-0.2, 0) is 13.5 Å². The summed E-state index contributed by atoms with van der Waals surface area (Å²) in [6.45, 7) is 0.838. The summed E-state index contributed by atoms with van der Waals surface area (Å²) in [5.74, 6) is 0.683. The Hall–Kier alpha value is -1.68. The predicted octanol–water partition coefficient (Wildman–Crippen LogP) is 2.74. The van der Waals surface area contributed by atoms with E-state index >= 15 is 0 Å². The molecule has 0 saturated heterocycles. The number of aryl methyl sites for hydroxylation is 1. The molecule has 0 unspecified atom stereocenters. The van der Waals surface area contributed by atoms with Gasteiger partial charge < -0.3 is 10.1 Å². The van der Waals surface area contributed by atoms with Gasteiger partial charge in [0.25, 0.3) is 0 Å². The van der Waals surface area contributed by atoms with Crippen molar-refractivity contribution in [2.45, 2.75) is 6.42 Å². The molecule has 1 aromatic heterocycles. The first-order valence-corrected chi connectivity index (χ1v) is 6.13. The van der Waals surface area contributed by atoms with Gasteiger partial charge in [0.05, 0.1) is 12.1 Å². The SMILES string of the molecule is COc1cc(NCCc2ccnn2C)ccc1Cl. The first kappa shape index (κ1) is 12.8. The molecule has 2 rings (SSSR count). The topological polar surface area (TPSA) is 39.1 Å². The van der Waals surface area contributed by atoms with Crippen LogP contribution in [0.15, 0.2) is 30.5 Å². The van der Waals surface area contributed by atoms with Crippen molar-refractivity contribution >= 4 is 17.3 Å². The van der Waals surface area contributed by atoms with Gasteiger partial charge >= 0.3 is 0 Å². The van der Waals surface area contributed by atoms with Gasteiger partial charge in [-0.3, -0.25) is 4.68 Å². The van der Waals surface area contributed by atoms with Crippen molar-refractivity contribution in [3.8, 4) is 5.75 Å². The van der Waals surface area contributed by atoms with Gasteiger partial charge in [0, 0.05) is 43.7 Å². The zero-order valence-corrected chi connectivity index (χ0v) is 11.2. The Morgan fingerprint density at radius 1 is 1.39 bits per heavy atom. The molecule has 1 heterocycles. The van der Waals surface area contributed by atoms with Crippen LogP contribution in [0, 0.1) is 0 Å². The van der Waals surface area contributed by atoms with E-state index in [4.69, 9.17) is 16.3 Å². The molecule has 0 aliphatic carbocycles. The number of benzene rings is 1. The standard InChI is InChI=1S/C13H16ClN3O/c1-17-11(6-8-16-17)5-7-15-10-3-4-12(14)13(9-10)18-2/h3-4,6,8-9,15H,5,7H2,1-2H3. The summed E-state index contributed by atoms with van der Waals surface area (Å²) >= 11 is 5.97. The number of aromatic nitrogens is 2. The number of nitrogens with zero attached hydrogens (tertiary/aromatic N) is 2. The number of hydrogen-bond acceptors (Lipinski definition) is 3. The molecule has 1 aromatic carbocycles. The van der Waals surface area contributed by atoms with Crippen molar-refractivity contribution in [2.75, 3.05) is 19.0 Å². The minimum absolute atomic E-state index is 0.620. The highest BCUT2D eigenvalue weighted by atomic mass is 35.5. The Bertz CT molecular complexity index is 525. The molecule has 4 nitrogen and oxygen atoms in total. The van der Waals surface area contributed by atoms with E-state index in [1.165, 1.54) is 5.69 Å². The maximum atomic E-state index is 5.97. The first-order chi connectivity index (χ1) is 8.70. The Labute approximate surface area is 112 Å². The summed E-state index contributed by atoms with van der Waals surface area (Å²) < 4.78 is 7.05. The third kappa shape index (κ3) is 2.96. The summed E-state index contributed by atoms with van der Waals surface area (Å²) in [7, 11) is 3.56. The number of hydrogen-bond donors (Lipinski definition) is 1. The molecule has 0 amide bonds. The molecule has 0 aliphatic rings. The fraction of sp³-hybridized carbons (Fsp3) is 0.308. The highest BCUT2D eigenvalue weighted by Crippen LogP contribution is 2.27. The summed E-state index contributed by atoms with van der Waals surface area (Å²) in [5, 5.41) is 8.09. The van der Waals surface area contributed by atoms with E-state index in [2.05, 4.69) is 10.4 Å². The second-order valence-corrected chi connectivity index (χ2v) is 4.38. The van der Waals surface area contributed by atoms with Gasteiger partial charge in [-0.2, -0.15) is 5.10 Å². The van der Waals surface area contributed by atoms with Crippen LogP contribution >= 0.6 is 11.6 Å². The van der Waals surface area contributed by atoms with E-state index in [0.717, 1.165) is 18.7 Å². The Kier molecular flexibility index (Phi) is 4.10. The van der Waals surface area contributed by atoms with Crippen molar-refractivity contribution in [3.63, 3.8) is 0 Å². The van der Waals surface area contributed by atoms with Crippen molar-refractivity contribution in [2.24, 2.45) is 7.05 Å². The molecular weight excluding hydrogens is 250 g/mol. The molecule has 0 radical (unpaired) electrons. The van der Waals surface area contributed by atoms with E-state index in [1.54, 1.807) is 13.3 Å². The molecule has 18 heavy (non-hydrogen) atoms. The Morgan fingerprint density at radius 2 is 2.22 bits per heavy atom. The minimum atomic E-state index is 0.620. The second kappa shape index (κ2) is 5.78. The molecule has 0 atom stereocenters. The van der Waals surface area contributed by atoms with Crippen molar-refractivity contribution in [3.05, 3.63) is 41.2 Å². The molecule has 0 aliphatic heterocycles. The maximum Gasteiger partial charge on any atom is 0.139 e. The van der Waals surface area contributed by atoms with Crippen molar-refractivity contribution in [1.29, 1.82) is 0 Å². The lowest BCUT2D eigenvalue weighted by molar-refractivity contribution is 0.415. The fourth-order valence-corrected chi connectivity index (χ4v) is 1.95. The van der Waals surface area contributed by atoms with Crippen molar-refractivity contribution < 1.29 is 4.74 Å². The third-order valence-electron chi connectivity index (χ3n) is 2.78. The first-order valence-electron chi connectivity index (χ1n) is 5.75. The van der Waals surface area contributed by atoms with Crippen LogP contribution in [0.3, 0.4) is 0 Å². The van der Waals surface area contributed by atoms with Crippen LogP contribution in [0.4, 0.5) is 5.69 Å². The van der Waals surface area contributed by atoms with E-state index in [-0.39, 0.29) is 0 Å². The number of rotatable bonds is 5. The number of anilines is 1. The highest BCUT2D eigenvalue weighted by molar-refractivity contribution is 6.32. The van der Waals surface area contributed by atoms with E-state index in [9.17, 15) is 0 Å². The van der Waals surface area contributed by atoms with Gasteiger partial charge in [0.15, 0.2) is 0 Å². The van der Waals surface area contributed by atoms with Crippen LogP contribution in [-0.4, -0.2) is 23.4 Å². The van der Waals surface area contributed by atoms with Crippen LogP contribution in [0.25, 0.3) is 0 Å². The monoisotopic (exact) mass is 265 g/mol. The fourth-order valence-electron chi connectivity index (χ4n) is 1.75. The van der Waals surface area contributed by atoms with Gasteiger partial charge in [0.2, 0.25) is 0 Å². The quantitative estimate of drug-likeness (QED) is 0.904. The normalized spacial score (nSPS) is 10.4. The smallest absolute Gasteiger partial charge is 0.139 e. The van der Waals surface area contributed by atoms with Gasteiger partial charge in [-0.25, -0.2) is 0 Å². The highest BCUT2D eigenvalue weighted by Gasteiger charge is 2.02. The third-order valence-corrected chi connectivity index (χ3v) is 3.10. The molecule has 0 saturated carbocycles. The van der Waals surface area contributed by atoms with E-state index in [1.807, 2.05) is 36.0 Å². The number of ether oxygens (including phenoxy) is 1. The average molecular weight is 266 g/mol. The zero-order chi connectivity index (χ0) is 13.0. The Morgan fingerprint density at radius 3 is 2.89 bits per heavy atom. The molecule has 0 bridgehead atoms. The van der Waals surface area contributed by atoms with Crippen LogP contribution in [0.5, 0.6) is 5.75 Å². The number of methoxy groups -OCH3 is 1. The average Bonchev–Trinajstić information content (AvgIpc) is 2.77. The van der Waals surface area contributed by atoms with Crippen LogP contribution in [0.2, 0.25) is 5.02 Å². The van der Waals surface area contributed by atoms with Crippen LogP contribution in [0.1, 0.15) is 5.69 Å². The van der Waals surface area contributed by atoms with Gasteiger partial charge in [-0.15, -0.1) is 0 Å². The molecule has 0 spiro atoms. The molecule has 1 N–H and O–H groups in total. The summed E-state index contributed by atoms with van der Waals surface area (Å²) in [4.78, 5) is 0. The zero-order valence-electron chi connectivity index (χ0n) is 10.5. The lowest BCUT2D eigenvalue weighted by atomic mass is 10.2. The van der Waals surface area contributed by atoms with E-state index < -0.39 is 0 Å².